The van der Waals surface area contributed by atoms with Gasteiger partial charge in [-0.05, 0) is 31.0 Å². The number of amides is 2. The molecule has 1 fully saturated rings. The molecule has 1 aromatic heterocycles. The van der Waals surface area contributed by atoms with Crippen LogP contribution in [0.15, 0.2) is 18.2 Å². The van der Waals surface area contributed by atoms with Gasteiger partial charge < -0.3 is 19.7 Å². The van der Waals surface area contributed by atoms with Crippen LogP contribution in [0.4, 0.5) is 4.79 Å². The van der Waals surface area contributed by atoms with Crippen LogP contribution in [0.25, 0.3) is 0 Å². The van der Waals surface area contributed by atoms with E-state index in [0.717, 1.165) is 39.9 Å². The predicted octanol–water partition coefficient (Wildman–Crippen LogP) is 2.82. The lowest BCUT2D eigenvalue weighted by Gasteiger charge is -2.18. The zero-order chi connectivity index (χ0) is 18.5. The monoisotopic (exact) mass is 376 g/mol. The highest BCUT2D eigenvalue weighted by atomic mass is 32.1. The number of aryl methyl sites for hydroxylation is 1. The Morgan fingerprint density at radius 1 is 1.31 bits per heavy atom. The molecule has 0 spiro atoms. The first-order valence-electron chi connectivity index (χ1n) is 8.70. The Balaban J connectivity index is 1.60. The Labute approximate surface area is 157 Å². The zero-order valence-corrected chi connectivity index (χ0v) is 16.1. The van der Waals surface area contributed by atoms with Crippen molar-refractivity contribution in [1.82, 2.24) is 20.4 Å². The van der Waals surface area contributed by atoms with Gasteiger partial charge in [0, 0.05) is 24.6 Å². The number of aromatic nitrogens is 2. The van der Waals surface area contributed by atoms with E-state index in [-0.39, 0.29) is 11.9 Å². The predicted molar refractivity (Wildman–Crippen MR) is 100.0 cm³/mol. The summed E-state index contributed by atoms with van der Waals surface area (Å²) in [7, 11) is 3.31. The molecule has 1 aromatic carbocycles. The third kappa shape index (κ3) is 4.07. The Kier molecular flexibility index (Phi) is 5.92. The standard InChI is InChI=1S/C18H24N4O3S/c1-4-16-20-21-17(26-16)10-19-18(23)22-8-7-12(11-22)14-9-13(24-2)5-6-15(14)25-3/h5-6,9,12H,4,7-8,10-11H2,1-3H3,(H,19,23)/t12-/m1/s1. The highest BCUT2D eigenvalue weighted by Gasteiger charge is 2.29. The van der Waals surface area contributed by atoms with E-state index in [4.69, 9.17) is 9.47 Å². The molecule has 140 valence electrons. The number of carbonyl (C=O) groups is 1. The van der Waals surface area contributed by atoms with E-state index in [1.807, 2.05) is 30.0 Å². The van der Waals surface area contributed by atoms with E-state index < -0.39 is 0 Å². The Morgan fingerprint density at radius 3 is 2.81 bits per heavy atom. The molecule has 7 nitrogen and oxygen atoms in total. The maximum Gasteiger partial charge on any atom is 0.317 e. The number of ether oxygens (including phenoxy) is 2. The highest BCUT2D eigenvalue weighted by Crippen LogP contribution is 2.35. The maximum absolute atomic E-state index is 12.5. The van der Waals surface area contributed by atoms with Crippen LogP contribution in [0.3, 0.4) is 0 Å². The van der Waals surface area contributed by atoms with Crippen molar-refractivity contribution in [3.63, 3.8) is 0 Å². The molecule has 0 aliphatic carbocycles. The third-order valence-corrected chi connectivity index (χ3v) is 5.62. The van der Waals surface area contributed by atoms with Crippen LogP contribution in [0.1, 0.15) is 34.8 Å². The van der Waals surface area contributed by atoms with Crippen LogP contribution < -0.4 is 14.8 Å². The topological polar surface area (TPSA) is 76.6 Å². The van der Waals surface area contributed by atoms with Crippen molar-refractivity contribution >= 4 is 17.4 Å². The molecule has 0 radical (unpaired) electrons. The molecular weight excluding hydrogens is 352 g/mol. The van der Waals surface area contributed by atoms with Crippen molar-refractivity contribution in [3.8, 4) is 11.5 Å². The van der Waals surface area contributed by atoms with E-state index in [1.54, 1.807) is 14.2 Å². The zero-order valence-electron chi connectivity index (χ0n) is 15.3. The van der Waals surface area contributed by atoms with E-state index in [1.165, 1.54) is 11.3 Å². The highest BCUT2D eigenvalue weighted by molar-refractivity contribution is 7.11. The number of methoxy groups -OCH3 is 2. The van der Waals surface area contributed by atoms with Crippen LogP contribution >= 0.6 is 11.3 Å². The number of hydrogen-bond acceptors (Lipinski definition) is 6. The quantitative estimate of drug-likeness (QED) is 0.839. The number of nitrogens with zero attached hydrogens (tertiary/aromatic N) is 3. The minimum atomic E-state index is -0.0670. The fourth-order valence-electron chi connectivity index (χ4n) is 3.12. The van der Waals surface area contributed by atoms with E-state index in [2.05, 4.69) is 15.5 Å². The number of urea groups is 1. The average molecular weight is 376 g/mol. The molecule has 26 heavy (non-hydrogen) atoms. The van der Waals surface area contributed by atoms with E-state index in [9.17, 15) is 4.79 Å². The molecular formula is C18H24N4O3S. The van der Waals surface area contributed by atoms with Crippen molar-refractivity contribution < 1.29 is 14.3 Å². The molecule has 1 aliphatic rings. The van der Waals surface area contributed by atoms with Gasteiger partial charge in [-0.15, -0.1) is 10.2 Å². The molecule has 8 heteroatoms. The first-order chi connectivity index (χ1) is 12.6. The number of carbonyl (C=O) groups excluding carboxylic acids is 1. The molecule has 2 heterocycles. The SMILES string of the molecule is CCc1nnc(CNC(=O)N2CC[C@@H](c3cc(OC)ccc3OC)C2)s1. The van der Waals surface area contributed by atoms with Crippen LogP contribution in [0.2, 0.25) is 0 Å². The maximum atomic E-state index is 12.5. The van der Waals surface area contributed by atoms with Gasteiger partial charge in [0.05, 0.1) is 20.8 Å². The summed E-state index contributed by atoms with van der Waals surface area (Å²) in [6, 6.07) is 5.73. The molecule has 1 N–H and O–H groups in total. The normalized spacial score (nSPS) is 16.6. The third-order valence-electron chi connectivity index (χ3n) is 4.55. The average Bonchev–Trinajstić information content (AvgIpc) is 3.35. The molecule has 3 rings (SSSR count). The molecule has 0 saturated carbocycles. The summed E-state index contributed by atoms with van der Waals surface area (Å²) in [6.45, 7) is 3.83. The molecule has 1 saturated heterocycles. The summed E-state index contributed by atoms with van der Waals surface area (Å²) < 4.78 is 10.8. The van der Waals surface area contributed by atoms with Crippen LogP contribution in [0.5, 0.6) is 11.5 Å². The summed E-state index contributed by atoms with van der Waals surface area (Å²) in [5.41, 5.74) is 1.08. The first kappa shape index (κ1) is 18.4. The van der Waals surface area contributed by atoms with E-state index in [0.29, 0.717) is 19.6 Å². The van der Waals surface area contributed by atoms with Gasteiger partial charge in [0.25, 0.3) is 0 Å². The minimum Gasteiger partial charge on any atom is -0.497 e. The van der Waals surface area contributed by atoms with Crippen molar-refractivity contribution in [2.75, 3.05) is 27.3 Å². The first-order valence-corrected chi connectivity index (χ1v) is 9.52. The summed E-state index contributed by atoms with van der Waals surface area (Å²) in [6.07, 6.45) is 1.76. The second kappa shape index (κ2) is 8.35. The fraction of sp³-hybridized carbons (Fsp3) is 0.500. The number of hydrogen-bond donors (Lipinski definition) is 1. The van der Waals surface area contributed by atoms with Gasteiger partial charge in [-0.1, -0.05) is 18.3 Å². The van der Waals surface area contributed by atoms with Crippen molar-refractivity contribution in [1.29, 1.82) is 0 Å². The summed E-state index contributed by atoms with van der Waals surface area (Å²) in [5, 5.41) is 12.9. The van der Waals surface area contributed by atoms with Gasteiger partial charge in [-0.2, -0.15) is 0 Å². The van der Waals surface area contributed by atoms with Gasteiger partial charge in [0.15, 0.2) is 0 Å². The van der Waals surface area contributed by atoms with Gasteiger partial charge >= 0.3 is 6.03 Å². The molecule has 0 unspecified atom stereocenters. The second-order valence-electron chi connectivity index (χ2n) is 6.14. The fourth-order valence-corrected chi connectivity index (χ4v) is 3.85. The van der Waals surface area contributed by atoms with E-state index >= 15 is 0 Å². The van der Waals surface area contributed by atoms with Crippen LogP contribution in [0, 0.1) is 0 Å². The Hall–Kier alpha value is -2.35. The number of likely N-dealkylation sites (tertiary alicyclic amines) is 1. The van der Waals surface area contributed by atoms with Crippen molar-refractivity contribution in [2.45, 2.75) is 32.2 Å². The second-order valence-corrected chi connectivity index (χ2v) is 7.29. The van der Waals surface area contributed by atoms with Crippen LogP contribution in [-0.2, 0) is 13.0 Å². The Morgan fingerprint density at radius 2 is 2.12 bits per heavy atom. The van der Waals surface area contributed by atoms with Crippen molar-refractivity contribution in [3.05, 3.63) is 33.8 Å². The van der Waals surface area contributed by atoms with Crippen LogP contribution in [-0.4, -0.2) is 48.4 Å². The summed E-state index contributed by atoms with van der Waals surface area (Å²) >= 11 is 1.54. The lowest BCUT2D eigenvalue weighted by atomic mass is 9.97. The summed E-state index contributed by atoms with van der Waals surface area (Å²) in [5.74, 6) is 1.87. The minimum absolute atomic E-state index is 0.0670. The van der Waals surface area contributed by atoms with Crippen molar-refractivity contribution in [2.24, 2.45) is 0 Å². The number of rotatable bonds is 6. The van der Waals surface area contributed by atoms with Gasteiger partial charge in [0.1, 0.15) is 21.5 Å². The van der Waals surface area contributed by atoms with Gasteiger partial charge in [-0.25, -0.2) is 4.79 Å². The summed E-state index contributed by atoms with van der Waals surface area (Å²) in [4.78, 5) is 14.3. The lowest BCUT2D eigenvalue weighted by Crippen LogP contribution is -2.37. The molecule has 1 aliphatic heterocycles. The lowest BCUT2D eigenvalue weighted by molar-refractivity contribution is 0.207. The molecule has 2 amide bonds. The van der Waals surface area contributed by atoms with Gasteiger partial charge in [0.2, 0.25) is 0 Å². The molecule has 0 bridgehead atoms. The number of benzene rings is 1. The molecule has 1 atom stereocenters. The molecule has 2 aromatic rings. The van der Waals surface area contributed by atoms with Gasteiger partial charge in [-0.3, -0.25) is 0 Å². The number of nitrogens with one attached hydrogen (secondary N) is 1. The Bertz CT molecular complexity index is 765. The smallest absolute Gasteiger partial charge is 0.317 e. The largest absolute Gasteiger partial charge is 0.497 e.